The van der Waals surface area contributed by atoms with Crippen LogP contribution in [0.25, 0.3) is 0 Å². The Morgan fingerprint density at radius 3 is 2.39 bits per heavy atom. The van der Waals surface area contributed by atoms with Gasteiger partial charge in [-0.05, 0) is 25.0 Å². The van der Waals surface area contributed by atoms with Gasteiger partial charge in [-0.15, -0.1) is 24.8 Å². The third kappa shape index (κ3) is 4.01. The number of halogens is 2. The minimum Gasteiger partial charge on any atom is -0.393 e. The molecule has 1 amide bonds. The van der Waals surface area contributed by atoms with E-state index >= 15 is 0 Å². The number of hydrogen-bond acceptors (Lipinski definition) is 4. The van der Waals surface area contributed by atoms with E-state index in [2.05, 4.69) is 9.88 Å². The zero-order valence-electron chi connectivity index (χ0n) is 9.78. The molecule has 1 aromatic rings. The molecule has 7 heteroatoms. The van der Waals surface area contributed by atoms with Gasteiger partial charge in [-0.25, -0.2) is 4.98 Å². The number of carbonyl (C=O) groups excluding carboxylic acids is 1. The van der Waals surface area contributed by atoms with E-state index in [4.69, 9.17) is 5.73 Å². The van der Waals surface area contributed by atoms with Crippen LogP contribution in [0, 0.1) is 0 Å². The Balaban J connectivity index is 0.00000144. The van der Waals surface area contributed by atoms with Crippen LogP contribution in [0.15, 0.2) is 18.3 Å². The average molecular weight is 294 g/mol. The third-order valence-corrected chi connectivity index (χ3v) is 2.82. The predicted octanol–water partition coefficient (Wildman–Crippen LogP) is 0.985. The SMILES string of the molecule is Cl.Cl.NC(=O)c1ccc(N2CCC(O)CC2)nc1. The van der Waals surface area contributed by atoms with Crippen molar-refractivity contribution in [3.63, 3.8) is 0 Å². The molecule has 2 rings (SSSR count). The van der Waals surface area contributed by atoms with Crippen LogP contribution >= 0.6 is 24.8 Å². The molecule has 2 heterocycles. The first-order valence-corrected chi connectivity index (χ1v) is 5.35. The first-order valence-electron chi connectivity index (χ1n) is 5.35. The van der Waals surface area contributed by atoms with E-state index in [0.29, 0.717) is 5.56 Å². The summed E-state index contributed by atoms with van der Waals surface area (Å²) in [6.07, 6.45) is 2.82. The maximum atomic E-state index is 10.9. The Kier molecular flexibility index (Phi) is 6.98. The number of pyridine rings is 1. The van der Waals surface area contributed by atoms with Gasteiger partial charge in [-0.2, -0.15) is 0 Å². The van der Waals surface area contributed by atoms with Crippen LogP contribution < -0.4 is 10.6 Å². The van der Waals surface area contributed by atoms with E-state index in [-0.39, 0.29) is 30.9 Å². The van der Waals surface area contributed by atoms with Crippen LogP contribution in [-0.4, -0.2) is 35.2 Å². The lowest BCUT2D eigenvalue weighted by atomic mass is 10.1. The molecule has 3 N–H and O–H groups in total. The van der Waals surface area contributed by atoms with E-state index < -0.39 is 5.91 Å². The molecule has 1 saturated heterocycles. The molecule has 0 bridgehead atoms. The topological polar surface area (TPSA) is 79.5 Å². The Morgan fingerprint density at radius 1 is 1.33 bits per heavy atom. The number of anilines is 1. The number of aromatic nitrogens is 1. The highest BCUT2D eigenvalue weighted by molar-refractivity contribution is 5.92. The van der Waals surface area contributed by atoms with Crippen molar-refractivity contribution in [3.05, 3.63) is 23.9 Å². The molecule has 0 unspecified atom stereocenters. The van der Waals surface area contributed by atoms with Crippen molar-refractivity contribution < 1.29 is 9.90 Å². The average Bonchev–Trinajstić information content (AvgIpc) is 2.30. The van der Waals surface area contributed by atoms with Gasteiger partial charge in [0.2, 0.25) is 5.91 Å². The van der Waals surface area contributed by atoms with Crippen molar-refractivity contribution in [2.45, 2.75) is 18.9 Å². The quantitative estimate of drug-likeness (QED) is 0.852. The molecule has 0 saturated carbocycles. The van der Waals surface area contributed by atoms with Crippen LogP contribution in [0.5, 0.6) is 0 Å². The molecule has 102 valence electrons. The highest BCUT2D eigenvalue weighted by Crippen LogP contribution is 2.17. The van der Waals surface area contributed by atoms with Gasteiger partial charge >= 0.3 is 0 Å². The van der Waals surface area contributed by atoms with Crippen molar-refractivity contribution in [1.29, 1.82) is 0 Å². The molecule has 0 radical (unpaired) electrons. The van der Waals surface area contributed by atoms with E-state index in [9.17, 15) is 9.90 Å². The number of rotatable bonds is 2. The second-order valence-corrected chi connectivity index (χ2v) is 3.99. The van der Waals surface area contributed by atoms with E-state index in [0.717, 1.165) is 31.7 Å². The zero-order chi connectivity index (χ0) is 11.5. The second-order valence-electron chi connectivity index (χ2n) is 3.99. The number of carbonyl (C=O) groups is 1. The Morgan fingerprint density at radius 2 is 1.94 bits per heavy atom. The number of aliphatic hydroxyl groups excluding tert-OH is 1. The summed E-state index contributed by atoms with van der Waals surface area (Å²) in [4.78, 5) is 17.2. The fraction of sp³-hybridized carbons (Fsp3) is 0.455. The number of aliphatic hydroxyl groups is 1. The molecule has 1 aromatic heterocycles. The lowest BCUT2D eigenvalue weighted by molar-refractivity contribution is 0.1000. The maximum absolute atomic E-state index is 10.9. The molecule has 0 aromatic carbocycles. The van der Waals surface area contributed by atoms with Crippen molar-refractivity contribution in [1.82, 2.24) is 4.98 Å². The van der Waals surface area contributed by atoms with Gasteiger partial charge in [-0.3, -0.25) is 4.79 Å². The smallest absolute Gasteiger partial charge is 0.250 e. The maximum Gasteiger partial charge on any atom is 0.250 e. The largest absolute Gasteiger partial charge is 0.393 e. The van der Waals surface area contributed by atoms with Crippen LogP contribution in [0.1, 0.15) is 23.2 Å². The number of piperidine rings is 1. The van der Waals surface area contributed by atoms with Crippen molar-refractivity contribution in [3.8, 4) is 0 Å². The number of amides is 1. The molecule has 0 atom stereocenters. The number of primary amides is 1. The highest BCUT2D eigenvalue weighted by atomic mass is 35.5. The summed E-state index contributed by atoms with van der Waals surface area (Å²) < 4.78 is 0. The van der Waals surface area contributed by atoms with Gasteiger partial charge in [-0.1, -0.05) is 0 Å². The fourth-order valence-corrected chi connectivity index (χ4v) is 1.81. The van der Waals surface area contributed by atoms with Gasteiger partial charge < -0.3 is 15.7 Å². The molecule has 0 spiro atoms. The van der Waals surface area contributed by atoms with Crippen molar-refractivity contribution >= 4 is 36.5 Å². The minimum atomic E-state index is -0.465. The molecule has 1 aliphatic rings. The summed E-state index contributed by atoms with van der Waals surface area (Å²) >= 11 is 0. The third-order valence-electron chi connectivity index (χ3n) is 2.82. The fourth-order valence-electron chi connectivity index (χ4n) is 1.81. The zero-order valence-corrected chi connectivity index (χ0v) is 11.4. The molecule has 1 fully saturated rings. The van der Waals surface area contributed by atoms with Gasteiger partial charge in [0, 0.05) is 19.3 Å². The van der Waals surface area contributed by atoms with Crippen LogP contribution in [0.3, 0.4) is 0 Å². The standard InChI is InChI=1S/C11H15N3O2.2ClH/c12-11(16)8-1-2-10(13-7-8)14-5-3-9(15)4-6-14;;/h1-2,7,9,15H,3-6H2,(H2,12,16);2*1H. The minimum absolute atomic E-state index is 0. The first-order chi connectivity index (χ1) is 7.66. The molecule has 18 heavy (non-hydrogen) atoms. The van der Waals surface area contributed by atoms with E-state index in [1.807, 2.05) is 0 Å². The number of nitrogens with two attached hydrogens (primary N) is 1. The molecule has 0 aliphatic carbocycles. The number of nitrogens with zero attached hydrogens (tertiary/aromatic N) is 2. The first kappa shape index (κ1) is 17.0. The van der Waals surface area contributed by atoms with Crippen LogP contribution in [0.4, 0.5) is 5.82 Å². The lowest BCUT2D eigenvalue weighted by Gasteiger charge is -2.30. The molecular weight excluding hydrogens is 277 g/mol. The summed E-state index contributed by atoms with van der Waals surface area (Å²) in [5.41, 5.74) is 5.55. The Labute approximate surface area is 118 Å². The Hall–Kier alpha value is -1.04. The summed E-state index contributed by atoms with van der Waals surface area (Å²) in [6, 6.07) is 3.47. The van der Waals surface area contributed by atoms with Crippen LogP contribution in [-0.2, 0) is 0 Å². The second kappa shape index (κ2) is 7.41. The summed E-state index contributed by atoms with van der Waals surface area (Å²) in [5, 5.41) is 9.38. The summed E-state index contributed by atoms with van der Waals surface area (Å²) in [6.45, 7) is 1.59. The van der Waals surface area contributed by atoms with Crippen molar-refractivity contribution in [2.24, 2.45) is 5.73 Å². The highest BCUT2D eigenvalue weighted by Gasteiger charge is 2.17. The normalized spacial score (nSPS) is 15.5. The van der Waals surface area contributed by atoms with E-state index in [1.165, 1.54) is 6.20 Å². The monoisotopic (exact) mass is 293 g/mol. The molecular formula is C11H17Cl2N3O2. The van der Waals surface area contributed by atoms with Crippen LogP contribution in [0.2, 0.25) is 0 Å². The van der Waals surface area contributed by atoms with Crippen molar-refractivity contribution in [2.75, 3.05) is 18.0 Å². The summed E-state index contributed by atoms with van der Waals surface area (Å²) in [5.74, 6) is 0.366. The van der Waals surface area contributed by atoms with Gasteiger partial charge in [0.05, 0.1) is 11.7 Å². The lowest BCUT2D eigenvalue weighted by Crippen LogP contribution is -2.36. The van der Waals surface area contributed by atoms with Gasteiger partial charge in [0.1, 0.15) is 5.82 Å². The number of hydrogen-bond donors (Lipinski definition) is 2. The summed E-state index contributed by atoms with van der Waals surface area (Å²) in [7, 11) is 0. The molecule has 1 aliphatic heterocycles. The van der Waals surface area contributed by atoms with Gasteiger partial charge in [0.15, 0.2) is 0 Å². The Bertz CT molecular complexity index is 378. The van der Waals surface area contributed by atoms with E-state index in [1.54, 1.807) is 12.1 Å². The molecule has 5 nitrogen and oxygen atoms in total. The predicted molar refractivity (Wildman–Crippen MR) is 74.7 cm³/mol. The van der Waals surface area contributed by atoms with Gasteiger partial charge in [0.25, 0.3) is 0 Å².